The zero-order chi connectivity index (χ0) is 15.4. The molecule has 22 heavy (non-hydrogen) atoms. The third-order valence-corrected chi connectivity index (χ3v) is 3.98. The molecule has 0 saturated heterocycles. The fourth-order valence-corrected chi connectivity index (χ4v) is 2.42. The number of hydrogen-bond acceptors (Lipinski definition) is 4. The Bertz CT molecular complexity index is 637. The average molecular weight is 297 g/mol. The molecule has 0 bridgehead atoms. The fraction of sp³-hybridized carbons (Fsp3) is 0.294. The van der Waals surface area contributed by atoms with Crippen molar-refractivity contribution < 1.29 is 9.90 Å². The van der Waals surface area contributed by atoms with Gasteiger partial charge in [-0.3, -0.25) is 9.78 Å². The molecule has 0 radical (unpaired) electrons. The standard InChI is InChI=1S/C17H19N3O2/c21-16(19-12-17(22)8-1-9-17)13-2-4-14(5-3-13)20-15-6-10-18-11-7-15/h2-7,10-11,22H,1,8-9,12H2,(H,18,20)(H,19,21). The van der Waals surface area contributed by atoms with Gasteiger partial charge in [-0.05, 0) is 55.7 Å². The highest BCUT2D eigenvalue weighted by atomic mass is 16.3. The number of benzene rings is 1. The minimum atomic E-state index is -0.696. The Morgan fingerprint density at radius 3 is 2.32 bits per heavy atom. The lowest BCUT2D eigenvalue weighted by Gasteiger charge is -2.36. The van der Waals surface area contributed by atoms with Crippen molar-refractivity contribution in [3.8, 4) is 0 Å². The van der Waals surface area contributed by atoms with Gasteiger partial charge in [0, 0.05) is 35.9 Å². The molecule has 1 aromatic carbocycles. The molecule has 1 aromatic heterocycles. The van der Waals surface area contributed by atoms with Crippen LogP contribution in [0.4, 0.5) is 11.4 Å². The van der Waals surface area contributed by atoms with Gasteiger partial charge in [0.2, 0.25) is 0 Å². The normalized spacial score (nSPS) is 15.7. The monoisotopic (exact) mass is 297 g/mol. The van der Waals surface area contributed by atoms with Gasteiger partial charge in [0.05, 0.1) is 5.60 Å². The molecule has 5 nitrogen and oxygen atoms in total. The van der Waals surface area contributed by atoms with E-state index in [1.54, 1.807) is 24.5 Å². The maximum Gasteiger partial charge on any atom is 0.251 e. The number of rotatable bonds is 5. The lowest BCUT2D eigenvalue weighted by Crippen LogP contribution is -2.47. The molecule has 3 rings (SSSR count). The number of aliphatic hydroxyl groups is 1. The first-order chi connectivity index (χ1) is 10.6. The van der Waals surface area contributed by atoms with Crippen molar-refractivity contribution in [3.05, 3.63) is 54.4 Å². The number of nitrogens with zero attached hydrogens (tertiary/aromatic N) is 1. The van der Waals surface area contributed by atoms with Crippen LogP contribution in [0.5, 0.6) is 0 Å². The zero-order valence-corrected chi connectivity index (χ0v) is 12.2. The van der Waals surface area contributed by atoms with Gasteiger partial charge in [-0.25, -0.2) is 0 Å². The molecule has 5 heteroatoms. The van der Waals surface area contributed by atoms with Crippen LogP contribution in [0.2, 0.25) is 0 Å². The summed E-state index contributed by atoms with van der Waals surface area (Å²) in [6.07, 6.45) is 6.00. The third kappa shape index (κ3) is 3.43. The predicted molar refractivity (Wildman–Crippen MR) is 85.1 cm³/mol. The van der Waals surface area contributed by atoms with E-state index in [0.29, 0.717) is 12.1 Å². The molecule has 1 amide bonds. The predicted octanol–water partition coefficient (Wildman–Crippen LogP) is 2.47. The van der Waals surface area contributed by atoms with Crippen LogP contribution in [0.1, 0.15) is 29.6 Å². The highest BCUT2D eigenvalue weighted by Crippen LogP contribution is 2.30. The Balaban J connectivity index is 1.57. The molecular formula is C17H19N3O2. The summed E-state index contributed by atoms with van der Waals surface area (Å²) < 4.78 is 0. The molecular weight excluding hydrogens is 278 g/mol. The van der Waals surface area contributed by atoms with E-state index in [9.17, 15) is 9.90 Å². The molecule has 1 fully saturated rings. The maximum atomic E-state index is 12.1. The number of pyridine rings is 1. The highest BCUT2D eigenvalue weighted by molar-refractivity contribution is 5.94. The van der Waals surface area contributed by atoms with Crippen LogP contribution in [-0.4, -0.2) is 28.1 Å². The molecule has 1 saturated carbocycles. The summed E-state index contributed by atoms with van der Waals surface area (Å²) in [6, 6.07) is 11.0. The summed E-state index contributed by atoms with van der Waals surface area (Å²) in [5.74, 6) is -0.157. The van der Waals surface area contributed by atoms with Gasteiger partial charge >= 0.3 is 0 Å². The summed E-state index contributed by atoms with van der Waals surface area (Å²) in [7, 11) is 0. The van der Waals surface area contributed by atoms with Crippen LogP contribution in [0.25, 0.3) is 0 Å². The third-order valence-electron chi connectivity index (χ3n) is 3.98. The molecule has 0 unspecified atom stereocenters. The summed E-state index contributed by atoms with van der Waals surface area (Å²) in [5.41, 5.74) is 1.74. The van der Waals surface area contributed by atoms with E-state index in [1.807, 2.05) is 24.3 Å². The summed E-state index contributed by atoms with van der Waals surface area (Å²) >= 11 is 0. The molecule has 0 atom stereocenters. The Labute approximate surface area is 129 Å². The molecule has 3 N–H and O–H groups in total. The number of anilines is 2. The number of carbonyl (C=O) groups is 1. The molecule has 0 spiro atoms. The SMILES string of the molecule is O=C(NCC1(O)CCC1)c1ccc(Nc2ccncc2)cc1. The van der Waals surface area contributed by atoms with E-state index in [-0.39, 0.29) is 5.91 Å². The Morgan fingerprint density at radius 1 is 1.09 bits per heavy atom. The summed E-state index contributed by atoms with van der Waals surface area (Å²) in [6.45, 7) is 0.322. The highest BCUT2D eigenvalue weighted by Gasteiger charge is 2.34. The van der Waals surface area contributed by atoms with Gasteiger partial charge in [0.15, 0.2) is 0 Å². The van der Waals surface area contributed by atoms with E-state index >= 15 is 0 Å². The summed E-state index contributed by atoms with van der Waals surface area (Å²) in [4.78, 5) is 16.0. The second-order valence-corrected chi connectivity index (χ2v) is 5.70. The first-order valence-corrected chi connectivity index (χ1v) is 7.42. The second kappa shape index (κ2) is 6.15. The van der Waals surface area contributed by atoms with E-state index in [2.05, 4.69) is 15.6 Å². The maximum absolute atomic E-state index is 12.1. The first kappa shape index (κ1) is 14.5. The lowest BCUT2D eigenvalue weighted by atomic mass is 9.80. The van der Waals surface area contributed by atoms with Crippen LogP contribution in [-0.2, 0) is 0 Å². The number of aromatic nitrogens is 1. The van der Waals surface area contributed by atoms with Crippen molar-refractivity contribution in [1.82, 2.24) is 10.3 Å². The van der Waals surface area contributed by atoms with Crippen molar-refractivity contribution in [3.63, 3.8) is 0 Å². The number of carbonyl (C=O) groups excluding carboxylic acids is 1. The average Bonchev–Trinajstić information content (AvgIpc) is 2.52. The van der Waals surface area contributed by atoms with Crippen molar-refractivity contribution in [2.24, 2.45) is 0 Å². The van der Waals surface area contributed by atoms with Crippen LogP contribution in [0.3, 0.4) is 0 Å². The van der Waals surface area contributed by atoms with Gasteiger partial charge in [-0.2, -0.15) is 0 Å². The Kier molecular flexibility index (Phi) is 4.06. The number of nitrogens with one attached hydrogen (secondary N) is 2. The van der Waals surface area contributed by atoms with Crippen LogP contribution in [0, 0.1) is 0 Å². The largest absolute Gasteiger partial charge is 0.388 e. The summed E-state index contributed by atoms with van der Waals surface area (Å²) in [5, 5.41) is 16.0. The fourth-order valence-electron chi connectivity index (χ4n) is 2.42. The molecule has 114 valence electrons. The molecule has 1 aliphatic carbocycles. The van der Waals surface area contributed by atoms with Gasteiger partial charge < -0.3 is 15.7 Å². The molecule has 2 aromatic rings. The van der Waals surface area contributed by atoms with E-state index in [1.165, 1.54) is 0 Å². The van der Waals surface area contributed by atoms with Gasteiger partial charge in [0.1, 0.15) is 0 Å². The zero-order valence-electron chi connectivity index (χ0n) is 12.2. The van der Waals surface area contributed by atoms with E-state index < -0.39 is 5.60 Å². The molecule has 0 aliphatic heterocycles. The van der Waals surface area contributed by atoms with Crippen molar-refractivity contribution in [2.75, 3.05) is 11.9 Å². The van der Waals surface area contributed by atoms with Crippen molar-refractivity contribution in [2.45, 2.75) is 24.9 Å². The van der Waals surface area contributed by atoms with Crippen LogP contribution in [0.15, 0.2) is 48.8 Å². The number of amides is 1. The van der Waals surface area contributed by atoms with E-state index in [0.717, 1.165) is 30.6 Å². The van der Waals surface area contributed by atoms with Crippen molar-refractivity contribution in [1.29, 1.82) is 0 Å². The smallest absolute Gasteiger partial charge is 0.251 e. The van der Waals surface area contributed by atoms with Gasteiger partial charge in [0.25, 0.3) is 5.91 Å². The van der Waals surface area contributed by atoms with Crippen LogP contribution < -0.4 is 10.6 Å². The topological polar surface area (TPSA) is 74.2 Å². The minimum Gasteiger partial charge on any atom is -0.388 e. The molecule has 1 heterocycles. The second-order valence-electron chi connectivity index (χ2n) is 5.70. The minimum absolute atomic E-state index is 0.157. The first-order valence-electron chi connectivity index (χ1n) is 7.42. The van der Waals surface area contributed by atoms with Gasteiger partial charge in [-0.1, -0.05) is 0 Å². The van der Waals surface area contributed by atoms with Crippen molar-refractivity contribution >= 4 is 17.3 Å². The van der Waals surface area contributed by atoms with Gasteiger partial charge in [-0.15, -0.1) is 0 Å². The Hall–Kier alpha value is -2.40. The quantitative estimate of drug-likeness (QED) is 0.792. The Morgan fingerprint density at radius 2 is 1.73 bits per heavy atom. The lowest BCUT2D eigenvalue weighted by molar-refractivity contribution is -0.0300. The van der Waals surface area contributed by atoms with E-state index in [4.69, 9.17) is 0 Å². The van der Waals surface area contributed by atoms with Crippen LogP contribution >= 0.6 is 0 Å². The number of hydrogen-bond donors (Lipinski definition) is 3. The molecule has 1 aliphatic rings.